The molecule has 0 bridgehead atoms. The number of carbonyl (C=O) groups is 1. The van der Waals surface area contributed by atoms with Gasteiger partial charge in [0.1, 0.15) is 4.88 Å². The summed E-state index contributed by atoms with van der Waals surface area (Å²) in [4.78, 5) is 12.5. The summed E-state index contributed by atoms with van der Waals surface area (Å²) in [5, 5.41) is 5.60. The second kappa shape index (κ2) is 5.59. The molecule has 5 heteroatoms. The predicted molar refractivity (Wildman–Crippen MR) is 73.4 cm³/mol. The van der Waals surface area contributed by atoms with Crippen molar-refractivity contribution in [3.8, 4) is 0 Å². The van der Waals surface area contributed by atoms with Crippen LogP contribution >= 0.6 is 34.5 Å². The van der Waals surface area contributed by atoms with Gasteiger partial charge in [-0.1, -0.05) is 18.0 Å². The highest BCUT2D eigenvalue weighted by Crippen LogP contribution is 2.30. The van der Waals surface area contributed by atoms with Crippen LogP contribution in [0.25, 0.3) is 0 Å². The van der Waals surface area contributed by atoms with E-state index in [4.69, 9.17) is 23.2 Å². The lowest BCUT2D eigenvalue weighted by Gasteiger charge is -2.14. The molecule has 0 radical (unpaired) electrons. The lowest BCUT2D eigenvalue weighted by molar-refractivity contribution is 0.0952. The molecule has 2 nitrogen and oxygen atoms in total. The van der Waals surface area contributed by atoms with Gasteiger partial charge in [-0.3, -0.25) is 4.79 Å². The second-order valence-electron chi connectivity index (χ2n) is 4.48. The number of aryl methyl sites for hydroxylation is 1. The molecule has 2 atom stereocenters. The van der Waals surface area contributed by atoms with Gasteiger partial charge in [-0.05, 0) is 36.6 Å². The first kappa shape index (κ1) is 13.2. The third-order valence-corrected chi connectivity index (χ3v) is 5.47. The fourth-order valence-corrected chi connectivity index (χ4v) is 3.67. The monoisotopic (exact) mass is 291 g/mol. The highest BCUT2D eigenvalue weighted by atomic mass is 35.5. The summed E-state index contributed by atoms with van der Waals surface area (Å²) in [6.45, 7) is 2.56. The van der Waals surface area contributed by atoms with Crippen molar-refractivity contribution in [3.05, 3.63) is 20.8 Å². The summed E-state index contributed by atoms with van der Waals surface area (Å²) in [5.74, 6) is 0.323. The van der Waals surface area contributed by atoms with E-state index in [0.29, 0.717) is 22.4 Å². The predicted octanol–water partition coefficient (Wildman–Crippen LogP) is 3.85. The van der Waals surface area contributed by atoms with Gasteiger partial charge in [0, 0.05) is 11.9 Å². The van der Waals surface area contributed by atoms with E-state index >= 15 is 0 Å². The molecule has 1 fully saturated rings. The molecule has 1 heterocycles. The molecule has 0 saturated heterocycles. The Morgan fingerprint density at radius 3 is 2.88 bits per heavy atom. The number of thiophene rings is 1. The fraction of sp³-hybridized carbons (Fsp3) is 0.583. The molecule has 2 rings (SSSR count). The van der Waals surface area contributed by atoms with Crippen molar-refractivity contribution in [1.82, 2.24) is 5.32 Å². The molecule has 1 aliphatic rings. The highest BCUT2D eigenvalue weighted by molar-refractivity contribution is 7.13. The van der Waals surface area contributed by atoms with Crippen LogP contribution in [0.4, 0.5) is 0 Å². The van der Waals surface area contributed by atoms with Crippen LogP contribution < -0.4 is 5.32 Å². The minimum absolute atomic E-state index is 0.0798. The van der Waals surface area contributed by atoms with Crippen molar-refractivity contribution in [3.63, 3.8) is 0 Å². The first-order valence-corrected chi connectivity index (χ1v) is 7.45. The molecule has 1 aromatic rings. The Balaban J connectivity index is 1.91. The second-order valence-corrected chi connectivity index (χ2v) is 6.30. The Hall–Kier alpha value is -0.250. The molecular formula is C12H15Cl2NOS. The first-order chi connectivity index (χ1) is 8.09. The summed E-state index contributed by atoms with van der Waals surface area (Å²) in [5.41, 5.74) is 0.956. The van der Waals surface area contributed by atoms with Crippen molar-refractivity contribution in [2.24, 2.45) is 5.92 Å². The molecule has 0 aliphatic heterocycles. The van der Waals surface area contributed by atoms with E-state index in [1.165, 1.54) is 11.3 Å². The van der Waals surface area contributed by atoms with Gasteiger partial charge in [0.25, 0.3) is 5.91 Å². The van der Waals surface area contributed by atoms with Crippen molar-refractivity contribution in [2.75, 3.05) is 6.54 Å². The highest BCUT2D eigenvalue weighted by Gasteiger charge is 2.26. The Morgan fingerprint density at radius 2 is 2.35 bits per heavy atom. The van der Waals surface area contributed by atoms with Crippen molar-refractivity contribution in [2.45, 2.75) is 31.6 Å². The molecule has 1 N–H and O–H groups in total. The molecule has 0 spiro atoms. The Bertz CT molecular complexity index is 419. The third-order valence-electron chi connectivity index (χ3n) is 3.20. The normalized spacial score (nSPS) is 23.9. The van der Waals surface area contributed by atoms with Crippen molar-refractivity contribution >= 4 is 40.4 Å². The van der Waals surface area contributed by atoms with Crippen LogP contribution in [-0.4, -0.2) is 17.8 Å². The van der Waals surface area contributed by atoms with Gasteiger partial charge in [-0.15, -0.1) is 22.9 Å². The topological polar surface area (TPSA) is 29.1 Å². The average molecular weight is 292 g/mol. The van der Waals surface area contributed by atoms with Gasteiger partial charge >= 0.3 is 0 Å². The van der Waals surface area contributed by atoms with Crippen LogP contribution in [-0.2, 0) is 0 Å². The molecule has 94 valence electrons. The largest absolute Gasteiger partial charge is 0.351 e. The quantitative estimate of drug-likeness (QED) is 0.842. The summed E-state index contributed by atoms with van der Waals surface area (Å²) >= 11 is 13.6. The summed E-state index contributed by atoms with van der Waals surface area (Å²) in [6.07, 6.45) is 3.32. The van der Waals surface area contributed by atoms with Crippen molar-refractivity contribution < 1.29 is 4.79 Å². The van der Waals surface area contributed by atoms with Gasteiger partial charge in [0.05, 0.1) is 5.02 Å². The van der Waals surface area contributed by atoms with Crippen molar-refractivity contribution in [1.29, 1.82) is 0 Å². The van der Waals surface area contributed by atoms with Gasteiger partial charge in [0.15, 0.2) is 0 Å². The molecule has 1 saturated carbocycles. The van der Waals surface area contributed by atoms with E-state index < -0.39 is 0 Å². The van der Waals surface area contributed by atoms with Gasteiger partial charge in [0.2, 0.25) is 0 Å². The van der Waals surface area contributed by atoms with Gasteiger partial charge < -0.3 is 5.32 Å². The number of hydrogen-bond acceptors (Lipinski definition) is 2. The number of amides is 1. The minimum atomic E-state index is -0.0798. The summed E-state index contributed by atoms with van der Waals surface area (Å²) in [7, 11) is 0. The van der Waals surface area contributed by atoms with Gasteiger partial charge in [-0.2, -0.15) is 0 Å². The molecule has 17 heavy (non-hydrogen) atoms. The summed E-state index contributed by atoms with van der Waals surface area (Å²) < 4.78 is 0. The molecule has 1 aromatic heterocycles. The van der Waals surface area contributed by atoms with E-state index in [-0.39, 0.29) is 11.3 Å². The maximum Gasteiger partial charge on any atom is 0.262 e. The van der Waals surface area contributed by atoms with E-state index in [0.717, 1.165) is 24.8 Å². The lowest BCUT2D eigenvalue weighted by Crippen LogP contribution is -2.30. The van der Waals surface area contributed by atoms with E-state index in [1.54, 1.807) is 0 Å². The number of hydrogen-bond donors (Lipinski definition) is 1. The fourth-order valence-electron chi connectivity index (χ4n) is 2.11. The first-order valence-electron chi connectivity index (χ1n) is 5.75. The van der Waals surface area contributed by atoms with E-state index in [1.807, 2.05) is 12.3 Å². The minimum Gasteiger partial charge on any atom is -0.351 e. The Morgan fingerprint density at radius 1 is 1.59 bits per heavy atom. The van der Waals surface area contributed by atoms with Crippen LogP contribution in [0.2, 0.25) is 5.02 Å². The van der Waals surface area contributed by atoms with Crippen LogP contribution in [0, 0.1) is 12.8 Å². The number of nitrogens with one attached hydrogen (secondary N) is 1. The van der Waals surface area contributed by atoms with Gasteiger partial charge in [-0.25, -0.2) is 0 Å². The lowest BCUT2D eigenvalue weighted by atomic mass is 10.1. The Kier molecular flexibility index (Phi) is 4.34. The number of rotatable bonds is 3. The molecular weight excluding hydrogens is 277 g/mol. The molecule has 0 aromatic carbocycles. The molecule has 1 amide bonds. The Labute approximate surface area is 115 Å². The van der Waals surface area contributed by atoms with Crippen LogP contribution in [0.1, 0.15) is 34.5 Å². The number of halogens is 2. The average Bonchev–Trinajstić information content (AvgIpc) is 2.84. The maximum atomic E-state index is 11.9. The summed E-state index contributed by atoms with van der Waals surface area (Å²) in [6, 6.07) is 0. The zero-order valence-corrected chi connectivity index (χ0v) is 12.0. The van der Waals surface area contributed by atoms with Crippen LogP contribution in [0.5, 0.6) is 0 Å². The zero-order chi connectivity index (χ0) is 12.4. The SMILES string of the molecule is Cc1csc(C(=O)NCC2CCCC2Cl)c1Cl. The van der Waals surface area contributed by atoms with Crippen LogP contribution in [0.15, 0.2) is 5.38 Å². The smallest absolute Gasteiger partial charge is 0.262 e. The number of carbonyl (C=O) groups excluding carboxylic acids is 1. The molecule has 1 aliphatic carbocycles. The molecule has 2 unspecified atom stereocenters. The maximum absolute atomic E-state index is 11.9. The zero-order valence-electron chi connectivity index (χ0n) is 9.63. The standard InChI is InChI=1S/C12H15Cl2NOS/c1-7-6-17-11(10(7)14)12(16)15-5-8-3-2-4-9(8)13/h6,8-9H,2-5H2,1H3,(H,15,16). The van der Waals surface area contributed by atoms with Crippen LogP contribution in [0.3, 0.4) is 0 Å². The number of alkyl halides is 1. The van der Waals surface area contributed by atoms with E-state index in [2.05, 4.69) is 5.32 Å². The third kappa shape index (κ3) is 2.95. The van der Waals surface area contributed by atoms with E-state index in [9.17, 15) is 4.79 Å².